The van der Waals surface area contributed by atoms with E-state index in [0.717, 1.165) is 10.6 Å². The second kappa shape index (κ2) is 4.23. The molecule has 0 saturated heterocycles. The van der Waals surface area contributed by atoms with E-state index < -0.39 is 5.97 Å². The highest BCUT2D eigenvalue weighted by molar-refractivity contribution is 7.19. The fourth-order valence-electron chi connectivity index (χ4n) is 1.68. The van der Waals surface area contributed by atoms with Crippen molar-refractivity contribution in [1.29, 1.82) is 0 Å². The highest BCUT2D eigenvalue weighted by Crippen LogP contribution is 2.25. The third-order valence-electron chi connectivity index (χ3n) is 2.45. The number of benzene rings is 1. The molecule has 5 nitrogen and oxygen atoms in total. The Morgan fingerprint density at radius 2 is 2.11 bits per heavy atom. The van der Waals surface area contributed by atoms with E-state index in [1.54, 1.807) is 10.7 Å². The minimum Gasteiger partial charge on any atom is -0.481 e. The molecule has 0 atom stereocenters. The van der Waals surface area contributed by atoms with Gasteiger partial charge < -0.3 is 5.11 Å². The molecule has 1 aromatic carbocycles. The van der Waals surface area contributed by atoms with Gasteiger partial charge in [-0.1, -0.05) is 41.7 Å². The van der Waals surface area contributed by atoms with Gasteiger partial charge in [0, 0.05) is 5.56 Å². The third-order valence-corrected chi connectivity index (χ3v) is 3.42. The fourth-order valence-corrected chi connectivity index (χ4v) is 2.59. The van der Waals surface area contributed by atoms with Crippen molar-refractivity contribution in [2.75, 3.05) is 0 Å². The van der Waals surface area contributed by atoms with Crippen LogP contribution in [0.3, 0.4) is 0 Å². The molecule has 3 rings (SSSR count). The van der Waals surface area contributed by atoms with Crippen molar-refractivity contribution in [2.45, 2.75) is 6.42 Å². The number of rotatable bonds is 3. The Morgan fingerprint density at radius 1 is 1.33 bits per heavy atom. The lowest BCUT2D eigenvalue weighted by Crippen LogP contribution is -1.99. The number of fused-ring (bicyclic) bond motifs is 1. The Kier molecular flexibility index (Phi) is 2.56. The van der Waals surface area contributed by atoms with Gasteiger partial charge in [-0.05, 0) is 0 Å². The number of imidazole rings is 1. The van der Waals surface area contributed by atoms with Crippen LogP contribution in [0.1, 0.15) is 5.69 Å². The zero-order valence-corrected chi connectivity index (χ0v) is 10.1. The maximum absolute atomic E-state index is 10.6. The van der Waals surface area contributed by atoms with Crippen LogP contribution in [0.5, 0.6) is 0 Å². The van der Waals surface area contributed by atoms with Gasteiger partial charge in [-0.15, -0.1) is 0 Å². The zero-order valence-electron chi connectivity index (χ0n) is 9.28. The Labute approximate surface area is 106 Å². The summed E-state index contributed by atoms with van der Waals surface area (Å²) in [5, 5.41) is 14.0. The summed E-state index contributed by atoms with van der Waals surface area (Å²) in [5.41, 5.74) is 1.56. The van der Waals surface area contributed by atoms with Gasteiger partial charge in [-0.3, -0.25) is 4.79 Å². The molecule has 0 aliphatic heterocycles. The van der Waals surface area contributed by atoms with Crippen LogP contribution in [0, 0.1) is 0 Å². The van der Waals surface area contributed by atoms with E-state index in [4.69, 9.17) is 5.11 Å². The van der Waals surface area contributed by atoms with Crippen molar-refractivity contribution in [2.24, 2.45) is 0 Å². The van der Waals surface area contributed by atoms with Crippen molar-refractivity contribution in [3.05, 3.63) is 42.2 Å². The molecule has 2 aromatic heterocycles. The van der Waals surface area contributed by atoms with Crippen LogP contribution in [0.2, 0.25) is 0 Å². The summed E-state index contributed by atoms with van der Waals surface area (Å²) < 4.78 is 1.63. The van der Waals surface area contributed by atoms with Gasteiger partial charge in [0.2, 0.25) is 4.96 Å². The second-order valence-corrected chi connectivity index (χ2v) is 4.76. The van der Waals surface area contributed by atoms with Crippen molar-refractivity contribution >= 4 is 22.3 Å². The number of carboxylic acid groups (broad SMARTS) is 1. The van der Waals surface area contributed by atoms with Crippen LogP contribution in [-0.2, 0) is 11.2 Å². The van der Waals surface area contributed by atoms with E-state index in [9.17, 15) is 4.79 Å². The van der Waals surface area contributed by atoms with Crippen molar-refractivity contribution < 1.29 is 9.90 Å². The summed E-state index contributed by atoms with van der Waals surface area (Å²) in [7, 11) is 0. The molecule has 1 N–H and O–H groups in total. The predicted molar refractivity (Wildman–Crippen MR) is 67.6 cm³/mol. The fraction of sp³-hybridized carbons (Fsp3) is 0.0833. The Morgan fingerprint density at radius 3 is 2.78 bits per heavy atom. The molecule has 2 heterocycles. The number of hydrogen-bond acceptors (Lipinski definition) is 4. The van der Waals surface area contributed by atoms with Gasteiger partial charge in [0.15, 0.2) is 0 Å². The summed E-state index contributed by atoms with van der Waals surface area (Å²) in [6, 6.07) is 9.82. The van der Waals surface area contributed by atoms with E-state index >= 15 is 0 Å². The van der Waals surface area contributed by atoms with Crippen molar-refractivity contribution in [3.8, 4) is 10.6 Å². The standard InChI is InChI=1S/C12H9N3O2S/c16-10(17)6-9-7-15-12(13-9)18-11(14-15)8-4-2-1-3-5-8/h1-5,7H,6H2,(H,16,17). The molecule has 0 bridgehead atoms. The zero-order chi connectivity index (χ0) is 12.5. The summed E-state index contributed by atoms with van der Waals surface area (Å²) in [5.74, 6) is -0.885. The van der Waals surface area contributed by atoms with Gasteiger partial charge >= 0.3 is 5.97 Å². The highest BCUT2D eigenvalue weighted by atomic mass is 32.1. The van der Waals surface area contributed by atoms with Crippen LogP contribution in [0.4, 0.5) is 0 Å². The average molecular weight is 259 g/mol. The van der Waals surface area contributed by atoms with Crippen LogP contribution in [-0.4, -0.2) is 25.7 Å². The first kappa shape index (κ1) is 10.9. The first-order valence-electron chi connectivity index (χ1n) is 5.35. The highest BCUT2D eigenvalue weighted by Gasteiger charge is 2.11. The Hall–Kier alpha value is -2.21. The smallest absolute Gasteiger partial charge is 0.309 e. The summed E-state index contributed by atoms with van der Waals surface area (Å²) in [6.07, 6.45) is 1.59. The average Bonchev–Trinajstić information content (AvgIpc) is 2.87. The molecule has 0 amide bonds. The molecule has 0 radical (unpaired) electrons. The second-order valence-electron chi connectivity index (χ2n) is 3.80. The maximum atomic E-state index is 10.6. The lowest BCUT2D eigenvalue weighted by atomic mass is 10.2. The number of carboxylic acids is 1. The van der Waals surface area contributed by atoms with Crippen LogP contribution in [0.25, 0.3) is 15.5 Å². The quantitative estimate of drug-likeness (QED) is 0.782. The molecule has 18 heavy (non-hydrogen) atoms. The van der Waals surface area contributed by atoms with Crippen LogP contribution < -0.4 is 0 Å². The molecule has 6 heteroatoms. The molecule has 0 saturated carbocycles. The van der Waals surface area contributed by atoms with Crippen molar-refractivity contribution in [3.63, 3.8) is 0 Å². The number of hydrogen-bond donors (Lipinski definition) is 1. The number of nitrogens with zero attached hydrogens (tertiary/aromatic N) is 3. The van der Waals surface area contributed by atoms with E-state index in [1.807, 2.05) is 30.3 Å². The molecule has 0 fully saturated rings. The van der Waals surface area contributed by atoms with E-state index in [-0.39, 0.29) is 6.42 Å². The van der Waals surface area contributed by atoms with E-state index in [1.165, 1.54) is 11.3 Å². The molecule has 0 aliphatic rings. The van der Waals surface area contributed by atoms with Gasteiger partial charge in [-0.2, -0.15) is 5.10 Å². The van der Waals surface area contributed by atoms with Crippen LogP contribution >= 0.6 is 11.3 Å². The molecule has 0 unspecified atom stereocenters. The topological polar surface area (TPSA) is 67.5 Å². The lowest BCUT2D eigenvalue weighted by molar-refractivity contribution is -0.136. The lowest BCUT2D eigenvalue weighted by Gasteiger charge is -1.92. The van der Waals surface area contributed by atoms with Gasteiger partial charge in [-0.25, -0.2) is 9.50 Å². The number of aliphatic carboxylic acids is 1. The summed E-state index contributed by atoms with van der Waals surface area (Å²) in [6.45, 7) is 0. The largest absolute Gasteiger partial charge is 0.481 e. The Bertz CT molecular complexity index is 671. The molecule has 0 aliphatic carbocycles. The first-order chi connectivity index (χ1) is 8.72. The molecule has 3 aromatic rings. The Balaban J connectivity index is 1.98. The summed E-state index contributed by atoms with van der Waals surface area (Å²) >= 11 is 1.45. The molecular formula is C12H9N3O2S. The molecule has 90 valence electrons. The predicted octanol–water partition coefficient (Wildman–Crippen LogP) is 2.08. The van der Waals surface area contributed by atoms with Gasteiger partial charge in [0.05, 0.1) is 18.3 Å². The SMILES string of the molecule is O=C(O)Cc1cn2nc(-c3ccccc3)sc2n1. The summed E-state index contributed by atoms with van der Waals surface area (Å²) in [4.78, 5) is 15.5. The minimum atomic E-state index is -0.885. The van der Waals surface area contributed by atoms with E-state index in [0.29, 0.717) is 10.7 Å². The molecule has 0 spiro atoms. The first-order valence-corrected chi connectivity index (χ1v) is 6.16. The minimum absolute atomic E-state index is 0.0727. The maximum Gasteiger partial charge on any atom is 0.309 e. The third kappa shape index (κ3) is 1.98. The molecular weight excluding hydrogens is 250 g/mol. The van der Waals surface area contributed by atoms with Gasteiger partial charge in [0.1, 0.15) is 5.01 Å². The number of carbonyl (C=O) groups is 1. The monoisotopic (exact) mass is 259 g/mol. The van der Waals surface area contributed by atoms with Crippen LogP contribution in [0.15, 0.2) is 36.5 Å². The normalized spacial score (nSPS) is 10.9. The van der Waals surface area contributed by atoms with E-state index in [2.05, 4.69) is 10.1 Å². The van der Waals surface area contributed by atoms with Gasteiger partial charge in [0.25, 0.3) is 0 Å². The van der Waals surface area contributed by atoms with Crippen molar-refractivity contribution in [1.82, 2.24) is 14.6 Å². The number of aromatic nitrogens is 3.